The van der Waals surface area contributed by atoms with Gasteiger partial charge in [0.1, 0.15) is 0 Å². The number of hydrogen-bond donors (Lipinski definition) is 0. The molecule has 0 bridgehead atoms. The summed E-state index contributed by atoms with van der Waals surface area (Å²) in [6.45, 7) is 14.9. The molecule has 0 aliphatic heterocycles. The molecule has 0 rings (SSSR count). The van der Waals surface area contributed by atoms with Gasteiger partial charge in [-0.25, -0.2) is 0 Å². The zero-order valence-electron chi connectivity index (χ0n) is 11.5. The average Bonchev–Trinajstić information content (AvgIpc) is 1.77. The molecule has 0 N–H and O–H groups in total. The molecule has 0 atom stereocenters. The molecular weight excluding hydrogens is 422 g/mol. The quantitative estimate of drug-likeness (QED) is 0.588. The SMILES string of the molecule is C[Si](C)O[Si](C)(C)O[Si](C)O[SiH](C)C.[Y].[Y]. The van der Waals surface area contributed by atoms with Gasteiger partial charge in [-0.3, -0.25) is 0 Å². The first-order valence-electron chi connectivity index (χ1n) is 4.91. The Morgan fingerprint density at radius 2 is 1.38 bits per heavy atom. The van der Waals surface area contributed by atoms with E-state index in [0.29, 0.717) is 0 Å². The van der Waals surface area contributed by atoms with E-state index in [9.17, 15) is 0 Å². The molecule has 90 valence electrons. The summed E-state index contributed by atoms with van der Waals surface area (Å²) in [5.41, 5.74) is 0. The van der Waals surface area contributed by atoms with Crippen LogP contribution in [0.15, 0.2) is 0 Å². The van der Waals surface area contributed by atoms with Crippen LogP contribution >= 0.6 is 0 Å². The molecule has 0 aliphatic rings. The van der Waals surface area contributed by atoms with Crippen LogP contribution in [0.2, 0.25) is 45.8 Å². The van der Waals surface area contributed by atoms with E-state index in [0.717, 1.165) is 0 Å². The van der Waals surface area contributed by atoms with Crippen molar-refractivity contribution in [2.24, 2.45) is 0 Å². The van der Waals surface area contributed by atoms with Crippen molar-refractivity contribution in [2.45, 2.75) is 45.8 Å². The second kappa shape index (κ2) is 11.8. The van der Waals surface area contributed by atoms with Crippen LogP contribution in [-0.4, -0.2) is 35.9 Å². The Kier molecular flexibility index (Phi) is 17.6. The molecule has 0 aromatic rings. The normalized spacial score (nSPS) is 11.6. The molecule has 0 fully saturated rings. The topological polar surface area (TPSA) is 27.7 Å². The molecule has 9 heteroatoms. The molecule has 0 spiro atoms. The van der Waals surface area contributed by atoms with E-state index in [1.54, 1.807) is 0 Å². The van der Waals surface area contributed by atoms with Gasteiger partial charge in [0.2, 0.25) is 0 Å². The monoisotopic (exact) mass is 444 g/mol. The van der Waals surface area contributed by atoms with Crippen molar-refractivity contribution in [3.8, 4) is 0 Å². The fourth-order valence-electron chi connectivity index (χ4n) is 1.21. The Hall–Kier alpha value is 2.96. The van der Waals surface area contributed by atoms with Crippen LogP contribution in [0.3, 0.4) is 0 Å². The molecule has 3 nitrogen and oxygen atoms in total. The molecule has 0 unspecified atom stereocenters. The van der Waals surface area contributed by atoms with E-state index in [4.69, 9.17) is 12.3 Å². The van der Waals surface area contributed by atoms with Crippen molar-refractivity contribution in [1.82, 2.24) is 0 Å². The van der Waals surface area contributed by atoms with Gasteiger partial charge in [0.05, 0.1) is 0 Å². The molecule has 0 amide bonds. The summed E-state index contributed by atoms with van der Waals surface area (Å²) >= 11 is 0. The summed E-state index contributed by atoms with van der Waals surface area (Å²) in [5, 5.41) is 0. The van der Waals surface area contributed by atoms with Crippen LogP contribution < -0.4 is 0 Å². The first-order valence-corrected chi connectivity index (χ1v) is 14.7. The predicted molar refractivity (Wildman–Crippen MR) is 68.7 cm³/mol. The van der Waals surface area contributed by atoms with Crippen molar-refractivity contribution < 1.29 is 77.8 Å². The Morgan fingerprint density at radius 3 is 1.69 bits per heavy atom. The van der Waals surface area contributed by atoms with E-state index >= 15 is 0 Å². The van der Waals surface area contributed by atoms with E-state index < -0.39 is 35.9 Å². The van der Waals surface area contributed by atoms with Gasteiger partial charge in [0.15, 0.2) is 18.1 Å². The summed E-state index contributed by atoms with van der Waals surface area (Å²) < 4.78 is 17.5. The number of rotatable bonds is 6. The van der Waals surface area contributed by atoms with E-state index in [2.05, 4.69) is 45.8 Å². The molecule has 0 saturated carbocycles. The molecule has 0 aromatic heterocycles. The summed E-state index contributed by atoms with van der Waals surface area (Å²) in [5.74, 6) is 0. The van der Waals surface area contributed by atoms with Gasteiger partial charge in [0, 0.05) is 65.4 Å². The zero-order chi connectivity index (χ0) is 11.4. The average molecular weight is 444 g/mol. The van der Waals surface area contributed by atoms with E-state index in [1.165, 1.54) is 0 Å². The molecule has 16 heavy (non-hydrogen) atoms. The maximum atomic E-state index is 5.92. The van der Waals surface area contributed by atoms with Gasteiger partial charge in [-0.1, -0.05) is 0 Å². The van der Waals surface area contributed by atoms with Crippen LogP contribution in [0.1, 0.15) is 0 Å². The van der Waals surface area contributed by atoms with Gasteiger partial charge >= 0.3 is 17.8 Å². The fourth-order valence-corrected chi connectivity index (χ4v) is 11.7. The predicted octanol–water partition coefficient (Wildman–Crippen LogP) is 2.09. The third-order valence-corrected chi connectivity index (χ3v) is 11.2. The van der Waals surface area contributed by atoms with E-state index in [1.807, 2.05) is 0 Å². The van der Waals surface area contributed by atoms with Crippen LogP contribution in [0.4, 0.5) is 0 Å². The Morgan fingerprint density at radius 1 is 0.938 bits per heavy atom. The van der Waals surface area contributed by atoms with Crippen molar-refractivity contribution in [3.05, 3.63) is 0 Å². The maximum absolute atomic E-state index is 5.92. The zero-order valence-corrected chi connectivity index (χ0v) is 21.3. The molecule has 0 aromatic carbocycles. The van der Waals surface area contributed by atoms with Gasteiger partial charge < -0.3 is 12.3 Å². The minimum Gasteiger partial charge on any atom is -0.439 e. The van der Waals surface area contributed by atoms with Crippen LogP contribution in [0.25, 0.3) is 0 Å². The molecule has 4 radical (unpaired) electrons. The first kappa shape index (κ1) is 24.0. The minimum atomic E-state index is -1.91. The van der Waals surface area contributed by atoms with E-state index in [-0.39, 0.29) is 65.4 Å². The molecule has 0 aliphatic carbocycles. The summed E-state index contributed by atoms with van der Waals surface area (Å²) in [4.78, 5) is 0. The molecule has 0 saturated heterocycles. The maximum Gasteiger partial charge on any atom is 0.360 e. The van der Waals surface area contributed by atoms with Crippen LogP contribution in [0.5, 0.6) is 0 Å². The second-order valence-electron chi connectivity index (χ2n) is 4.17. The standard InChI is InChI=1S/C7H22O3Si4.2Y/c1-11(2)8-13(5)10-14(6,7)9-12(3)4;;/h11H,1-7H3;;. The first-order chi connectivity index (χ1) is 6.23. The van der Waals surface area contributed by atoms with Gasteiger partial charge in [-0.15, -0.1) is 0 Å². The van der Waals surface area contributed by atoms with Gasteiger partial charge in [-0.2, -0.15) is 0 Å². The third-order valence-electron chi connectivity index (χ3n) is 1.24. The fraction of sp³-hybridized carbons (Fsp3) is 1.00. The molecular formula is C7H22O3Si4Y2. The van der Waals surface area contributed by atoms with Crippen molar-refractivity contribution in [1.29, 1.82) is 0 Å². The summed E-state index contributed by atoms with van der Waals surface area (Å²) in [6, 6.07) is 0. The van der Waals surface area contributed by atoms with Crippen molar-refractivity contribution in [2.75, 3.05) is 0 Å². The van der Waals surface area contributed by atoms with Crippen LogP contribution in [-0.2, 0) is 77.8 Å². The summed E-state index contributed by atoms with van der Waals surface area (Å²) in [7, 11) is -4.60. The number of hydrogen-bond acceptors (Lipinski definition) is 3. The Bertz CT molecular complexity index is 172. The van der Waals surface area contributed by atoms with Crippen molar-refractivity contribution >= 4 is 35.9 Å². The van der Waals surface area contributed by atoms with Crippen molar-refractivity contribution in [3.63, 3.8) is 0 Å². The van der Waals surface area contributed by atoms with Gasteiger partial charge in [0.25, 0.3) is 0 Å². The summed E-state index contributed by atoms with van der Waals surface area (Å²) in [6.07, 6.45) is 0. The van der Waals surface area contributed by atoms with Gasteiger partial charge in [-0.05, 0) is 45.8 Å². The Labute approximate surface area is 157 Å². The second-order valence-corrected chi connectivity index (χ2v) is 14.4. The van der Waals surface area contributed by atoms with Crippen LogP contribution in [0, 0.1) is 0 Å². The third kappa shape index (κ3) is 15.0. The molecule has 0 heterocycles. The Balaban J connectivity index is -0.000000845. The largest absolute Gasteiger partial charge is 0.439 e. The smallest absolute Gasteiger partial charge is 0.360 e. The minimum absolute atomic E-state index is 0.